The maximum atomic E-state index is 14.0. The zero-order valence-electron chi connectivity index (χ0n) is 30.6. The fraction of sp³-hybridized carbons (Fsp3) is 0.882. The Kier molecular flexibility index (Phi) is 14.0. The van der Waals surface area contributed by atoms with Gasteiger partial charge >= 0.3 is 6.09 Å². The third-order valence-electron chi connectivity index (χ3n) is 9.03. The van der Waals surface area contributed by atoms with Crippen LogP contribution in [0.1, 0.15) is 75.2 Å². The molecular weight excluding hydrogens is 602 g/mol. The molecule has 6 atom stereocenters. The molecule has 13 nitrogen and oxygen atoms in total. The van der Waals surface area contributed by atoms with Gasteiger partial charge in [-0.25, -0.2) is 4.79 Å². The zero-order chi connectivity index (χ0) is 35.1. The van der Waals surface area contributed by atoms with Gasteiger partial charge in [-0.1, -0.05) is 34.6 Å². The summed E-state index contributed by atoms with van der Waals surface area (Å²) in [6.45, 7) is 22.0. The average molecular weight is 666 g/mol. The van der Waals surface area contributed by atoms with E-state index in [1.54, 1.807) is 23.8 Å². The summed E-state index contributed by atoms with van der Waals surface area (Å²) in [6.07, 6.45) is 1.40. The van der Waals surface area contributed by atoms with Crippen molar-refractivity contribution in [2.24, 2.45) is 28.2 Å². The molecule has 0 aromatic carbocycles. The van der Waals surface area contributed by atoms with E-state index in [4.69, 9.17) is 14.5 Å². The Morgan fingerprint density at radius 1 is 1.04 bits per heavy atom. The molecule has 3 rings (SSSR count). The zero-order valence-corrected chi connectivity index (χ0v) is 30.6. The maximum Gasteiger partial charge on any atom is 0.410 e. The van der Waals surface area contributed by atoms with Gasteiger partial charge in [0.25, 0.3) is 0 Å². The standard InChI is InChI=1S/C34H63N7O6/c1-23(2)20-41(30(44)27-19-36-31(33(4,5)6)37-28(27)35-12-11-17-46-10)26-18-25(21-40(22-26)32(45)47-34(7,8)9)29(43)39-15-13-38(14-16-39)24(3)42/h19,23,25-28,30-31,35,37,44H,11-18,20-22H2,1-10H3/t25-,26+,27?,28?,30?,31-/m1/s1. The molecule has 0 aromatic heterocycles. The molecule has 270 valence electrons. The number of hydrogen-bond acceptors (Lipinski definition) is 10. The predicted octanol–water partition coefficient (Wildman–Crippen LogP) is 2.19. The lowest BCUT2D eigenvalue weighted by Gasteiger charge is -2.48. The van der Waals surface area contributed by atoms with Gasteiger partial charge < -0.3 is 34.6 Å². The van der Waals surface area contributed by atoms with Gasteiger partial charge in [0.2, 0.25) is 11.8 Å². The van der Waals surface area contributed by atoms with Gasteiger partial charge in [0.15, 0.2) is 0 Å². The van der Waals surface area contributed by atoms with Crippen molar-refractivity contribution in [1.82, 2.24) is 30.2 Å². The van der Waals surface area contributed by atoms with Crippen LogP contribution in [-0.2, 0) is 19.1 Å². The highest BCUT2D eigenvalue weighted by Crippen LogP contribution is 2.30. The fourth-order valence-corrected chi connectivity index (χ4v) is 6.57. The minimum Gasteiger partial charge on any atom is -0.444 e. The molecule has 2 fully saturated rings. The Hall–Kier alpha value is -2.32. The van der Waals surface area contributed by atoms with Crippen molar-refractivity contribution in [2.45, 2.75) is 105 Å². The predicted molar refractivity (Wildman–Crippen MR) is 183 cm³/mol. The molecule has 0 radical (unpaired) electrons. The summed E-state index contributed by atoms with van der Waals surface area (Å²) in [5, 5.41) is 19.5. The summed E-state index contributed by atoms with van der Waals surface area (Å²) in [7, 11) is 1.69. The molecule has 3 unspecified atom stereocenters. The first-order valence-electron chi connectivity index (χ1n) is 17.4. The number of ether oxygens (including phenoxy) is 2. The van der Waals surface area contributed by atoms with E-state index >= 15 is 0 Å². The fourth-order valence-electron chi connectivity index (χ4n) is 6.57. The lowest BCUT2D eigenvalue weighted by molar-refractivity contribution is -0.145. The first kappa shape index (κ1) is 39.1. The van der Waals surface area contributed by atoms with Crippen molar-refractivity contribution < 1.29 is 29.0 Å². The van der Waals surface area contributed by atoms with Gasteiger partial charge in [-0.2, -0.15) is 0 Å². The van der Waals surface area contributed by atoms with Gasteiger partial charge in [-0.15, -0.1) is 0 Å². The second-order valence-electron chi connectivity index (χ2n) is 15.9. The van der Waals surface area contributed by atoms with Crippen molar-refractivity contribution in [3.63, 3.8) is 0 Å². The lowest BCUT2D eigenvalue weighted by atomic mass is 9.88. The van der Waals surface area contributed by atoms with E-state index in [9.17, 15) is 19.5 Å². The van der Waals surface area contributed by atoms with E-state index in [0.717, 1.165) is 6.42 Å². The second kappa shape index (κ2) is 16.9. The Labute approximate surface area is 282 Å². The number of nitrogens with zero attached hydrogens (tertiary/aromatic N) is 5. The SMILES string of the molecule is COCCCNC1N[C@H](C(C)(C)C)N=CC1C(O)N(CC(C)C)[C@H]1C[C@@H](C(=O)N2CCN(C(C)=O)CC2)CN(C(=O)OC(C)(C)C)C1. The molecule has 3 aliphatic rings. The summed E-state index contributed by atoms with van der Waals surface area (Å²) in [5.74, 6) is -0.680. The van der Waals surface area contributed by atoms with Gasteiger partial charge in [-0.3, -0.25) is 24.8 Å². The second-order valence-corrected chi connectivity index (χ2v) is 15.9. The average Bonchev–Trinajstić information content (AvgIpc) is 2.99. The number of piperidine rings is 1. The number of nitrogens with one attached hydrogen (secondary N) is 2. The number of piperazine rings is 1. The third-order valence-corrected chi connectivity index (χ3v) is 9.03. The normalized spacial score (nSPS) is 26.6. The number of rotatable bonds is 11. The molecule has 0 spiro atoms. The summed E-state index contributed by atoms with van der Waals surface area (Å²) in [4.78, 5) is 51.5. The van der Waals surface area contributed by atoms with Crippen molar-refractivity contribution >= 4 is 24.1 Å². The van der Waals surface area contributed by atoms with Crippen LogP contribution in [0.15, 0.2) is 4.99 Å². The highest BCUT2D eigenvalue weighted by atomic mass is 16.6. The molecule has 0 aromatic rings. The van der Waals surface area contributed by atoms with Crippen molar-refractivity contribution in [2.75, 3.05) is 66.1 Å². The van der Waals surface area contributed by atoms with E-state index < -0.39 is 23.8 Å². The Bertz CT molecular complexity index is 1070. The molecule has 13 heteroatoms. The van der Waals surface area contributed by atoms with E-state index in [1.165, 1.54) is 0 Å². The van der Waals surface area contributed by atoms with E-state index in [-0.39, 0.29) is 54.0 Å². The van der Waals surface area contributed by atoms with Crippen LogP contribution in [0.25, 0.3) is 0 Å². The minimum atomic E-state index is -0.937. The van der Waals surface area contributed by atoms with Gasteiger partial charge in [-0.05, 0) is 51.5 Å². The number of aliphatic hydroxyl groups is 1. The number of likely N-dealkylation sites (tertiary alicyclic amines) is 1. The van der Waals surface area contributed by atoms with Crippen molar-refractivity contribution in [3.05, 3.63) is 0 Å². The van der Waals surface area contributed by atoms with Crippen LogP contribution in [0.2, 0.25) is 0 Å². The Morgan fingerprint density at radius 3 is 2.23 bits per heavy atom. The molecule has 0 bridgehead atoms. The van der Waals surface area contributed by atoms with Crippen LogP contribution in [0.4, 0.5) is 4.79 Å². The molecular formula is C34H63N7O6. The number of methoxy groups -OCH3 is 1. The number of carbonyl (C=O) groups is 3. The van der Waals surface area contributed by atoms with Gasteiger partial charge in [0, 0.05) is 78.7 Å². The van der Waals surface area contributed by atoms with Gasteiger partial charge in [0.1, 0.15) is 18.0 Å². The van der Waals surface area contributed by atoms with Crippen LogP contribution < -0.4 is 10.6 Å². The Morgan fingerprint density at radius 2 is 1.68 bits per heavy atom. The molecule has 3 heterocycles. The molecule has 2 saturated heterocycles. The first-order chi connectivity index (χ1) is 21.9. The monoisotopic (exact) mass is 665 g/mol. The molecule has 3 amide bonds. The number of aliphatic hydroxyl groups excluding tert-OH is 1. The Balaban J connectivity index is 1.91. The van der Waals surface area contributed by atoms with Crippen LogP contribution >= 0.6 is 0 Å². The third kappa shape index (κ3) is 11.4. The van der Waals surface area contributed by atoms with Crippen molar-refractivity contribution in [1.29, 1.82) is 0 Å². The van der Waals surface area contributed by atoms with Crippen LogP contribution in [0, 0.1) is 23.2 Å². The summed E-state index contributed by atoms with van der Waals surface area (Å²) in [5.41, 5.74) is -0.823. The smallest absolute Gasteiger partial charge is 0.410 e. The number of aliphatic imine (C=N–C) groups is 1. The maximum absolute atomic E-state index is 14.0. The van der Waals surface area contributed by atoms with Crippen LogP contribution in [0.5, 0.6) is 0 Å². The molecule has 0 saturated carbocycles. The van der Waals surface area contributed by atoms with E-state index in [2.05, 4.69) is 50.2 Å². The minimum absolute atomic E-state index is 0.00491. The van der Waals surface area contributed by atoms with Crippen molar-refractivity contribution in [3.8, 4) is 0 Å². The highest BCUT2D eigenvalue weighted by molar-refractivity contribution is 5.81. The van der Waals surface area contributed by atoms with E-state index in [1.807, 2.05) is 31.9 Å². The van der Waals surface area contributed by atoms with Crippen LogP contribution in [-0.4, -0.2) is 145 Å². The summed E-state index contributed by atoms with van der Waals surface area (Å²) < 4.78 is 11.0. The highest BCUT2D eigenvalue weighted by Gasteiger charge is 2.44. The first-order valence-corrected chi connectivity index (χ1v) is 17.4. The quantitative estimate of drug-likeness (QED) is 0.224. The van der Waals surface area contributed by atoms with E-state index in [0.29, 0.717) is 58.8 Å². The lowest BCUT2D eigenvalue weighted by Crippen LogP contribution is -2.65. The number of amides is 3. The molecule has 3 aliphatic heterocycles. The number of hydrogen-bond donors (Lipinski definition) is 3. The van der Waals surface area contributed by atoms with Crippen LogP contribution in [0.3, 0.4) is 0 Å². The molecule has 0 aliphatic carbocycles. The molecule has 3 N–H and O–H groups in total. The topological polar surface area (TPSA) is 139 Å². The summed E-state index contributed by atoms with van der Waals surface area (Å²) in [6, 6.07) is -0.302. The molecule has 47 heavy (non-hydrogen) atoms. The van der Waals surface area contributed by atoms with Gasteiger partial charge in [0.05, 0.1) is 18.0 Å². The largest absolute Gasteiger partial charge is 0.444 e. The number of carbonyl (C=O) groups excluding carboxylic acids is 3. The summed E-state index contributed by atoms with van der Waals surface area (Å²) >= 11 is 0.